The van der Waals surface area contributed by atoms with E-state index in [9.17, 15) is 18.0 Å². The van der Waals surface area contributed by atoms with E-state index in [0.29, 0.717) is 38.2 Å². The zero-order chi connectivity index (χ0) is 32.4. The summed E-state index contributed by atoms with van der Waals surface area (Å²) < 4.78 is 32.8. The third-order valence-corrected chi connectivity index (χ3v) is 10.3. The Morgan fingerprint density at radius 1 is 0.783 bits per heavy atom. The topological polar surface area (TPSA) is 96.0 Å². The molecule has 2 amide bonds. The molecule has 0 aromatic heterocycles. The van der Waals surface area contributed by atoms with Crippen LogP contribution in [-0.2, 0) is 45.5 Å². The second-order valence-corrected chi connectivity index (χ2v) is 13.5. The Balaban J connectivity index is 1.37. The third-order valence-electron chi connectivity index (χ3n) is 8.35. The number of aryl methyl sites for hydroxylation is 1. The number of ether oxygens (including phenoxy) is 1. The second-order valence-electron chi connectivity index (χ2n) is 11.5. The van der Waals surface area contributed by atoms with E-state index < -0.39 is 16.1 Å². The minimum Gasteiger partial charge on any atom is -0.497 e. The van der Waals surface area contributed by atoms with Gasteiger partial charge in [-0.1, -0.05) is 84.9 Å². The van der Waals surface area contributed by atoms with Crippen LogP contribution in [0.25, 0.3) is 0 Å². The van der Waals surface area contributed by atoms with Crippen molar-refractivity contribution in [1.29, 1.82) is 0 Å². The van der Waals surface area contributed by atoms with Gasteiger partial charge in [-0.2, -0.15) is 4.31 Å². The lowest BCUT2D eigenvalue weighted by Crippen LogP contribution is -2.50. The maximum absolute atomic E-state index is 14.1. The Labute approximate surface area is 272 Å². The van der Waals surface area contributed by atoms with Crippen molar-refractivity contribution in [3.8, 4) is 5.75 Å². The summed E-state index contributed by atoms with van der Waals surface area (Å²) in [6.07, 6.45) is 2.67. The molecular formula is C37H41N3O5S. The molecular weight excluding hydrogens is 598 g/mol. The van der Waals surface area contributed by atoms with E-state index >= 15 is 0 Å². The predicted octanol–water partition coefficient (Wildman–Crippen LogP) is 5.37. The first-order valence-electron chi connectivity index (χ1n) is 15.7. The van der Waals surface area contributed by atoms with Gasteiger partial charge in [-0.05, 0) is 65.8 Å². The highest BCUT2D eigenvalue weighted by atomic mass is 32.2. The first-order chi connectivity index (χ1) is 22.3. The number of carbonyl (C=O) groups is 2. The van der Waals surface area contributed by atoms with Gasteiger partial charge in [0.15, 0.2) is 0 Å². The number of nitrogens with one attached hydrogen (secondary N) is 1. The second kappa shape index (κ2) is 15.7. The van der Waals surface area contributed by atoms with Crippen LogP contribution in [0.4, 0.5) is 0 Å². The third kappa shape index (κ3) is 8.62. The lowest BCUT2D eigenvalue weighted by atomic mass is 10.0. The lowest BCUT2D eigenvalue weighted by Gasteiger charge is -2.32. The quantitative estimate of drug-likeness (QED) is 0.200. The summed E-state index contributed by atoms with van der Waals surface area (Å²) in [6.45, 7) is 1.69. The SMILES string of the molecule is COc1ccc(CN(C(=O)CCc2ccc(S(=O)(=O)N3CCCC3)cc2)[C@H](Cc2ccccc2)C(=O)NCc2ccccc2)cc1. The van der Waals surface area contributed by atoms with Crippen molar-refractivity contribution in [3.63, 3.8) is 0 Å². The van der Waals surface area contributed by atoms with Crippen molar-refractivity contribution >= 4 is 21.8 Å². The molecule has 46 heavy (non-hydrogen) atoms. The molecule has 1 N–H and O–H groups in total. The number of rotatable bonds is 14. The number of nitrogens with zero attached hydrogens (tertiary/aromatic N) is 2. The minimum atomic E-state index is -3.51. The zero-order valence-corrected chi connectivity index (χ0v) is 27.0. The number of amides is 2. The summed E-state index contributed by atoms with van der Waals surface area (Å²) in [5.74, 6) is 0.310. The molecule has 8 nitrogen and oxygen atoms in total. The molecule has 1 heterocycles. The maximum Gasteiger partial charge on any atom is 0.243 e. The van der Waals surface area contributed by atoms with Crippen LogP contribution in [0.1, 0.15) is 41.5 Å². The summed E-state index contributed by atoms with van der Waals surface area (Å²) >= 11 is 0. The highest BCUT2D eigenvalue weighted by molar-refractivity contribution is 7.89. The van der Waals surface area contributed by atoms with E-state index in [0.717, 1.165) is 35.1 Å². The molecule has 240 valence electrons. The van der Waals surface area contributed by atoms with Gasteiger partial charge in [0.1, 0.15) is 11.8 Å². The van der Waals surface area contributed by atoms with Crippen molar-refractivity contribution in [2.75, 3.05) is 20.2 Å². The van der Waals surface area contributed by atoms with Crippen LogP contribution in [0.3, 0.4) is 0 Å². The average Bonchev–Trinajstić information content (AvgIpc) is 3.66. The molecule has 0 unspecified atom stereocenters. The van der Waals surface area contributed by atoms with E-state index in [-0.39, 0.29) is 29.7 Å². The molecule has 0 bridgehead atoms. The Morgan fingerprint density at radius 3 is 1.98 bits per heavy atom. The van der Waals surface area contributed by atoms with E-state index in [1.807, 2.05) is 84.9 Å². The van der Waals surface area contributed by atoms with Crippen LogP contribution in [0, 0.1) is 0 Å². The predicted molar refractivity (Wildman–Crippen MR) is 179 cm³/mol. The summed E-state index contributed by atoms with van der Waals surface area (Å²) in [5, 5.41) is 3.06. The van der Waals surface area contributed by atoms with E-state index in [2.05, 4.69) is 5.32 Å². The molecule has 4 aromatic carbocycles. The van der Waals surface area contributed by atoms with Crippen molar-refractivity contribution in [3.05, 3.63) is 131 Å². The maximum atomic E-state index is 14.1. The molecule has 1 aliphatic rings. The molecule has 1 fully saturated rings. The Hall–Kier alpha value is -4.47. The summed E-state index contributed by atoms with van der Waals surface area (Å²) in [4.78, 5) is 29.9. The van der Waals surface area contributed by atoms with Gasteiger partial charge < -0.3 is 15.0 Å². The molecule has 0 saturated carbocycles. The van der Waals surface area contributed by atoms with Crippen LogP contribution >= 0.6 is 0 Å². The first-order valence-corrected chi connectivity index (χ1v) is 17.1. The molecule has 9 heteroatoms. The van der Waals surface area contributed by atoms with Gasteiger partial charge >= 0.3 is 0 Å². The summed E-state index contributed by atoms with van der Waals surface area (Å²) in [7, 11) is -1.91. The van der Waals surface area contributed by atoms with Gasteiger partial charge in [0, 0.05) is 39.0 Å². The Kier molecular flexibility index (Phi) is 11.2. The van der Waals surface area contributed by atoms with Crippen LogP contribution < -0.4 is 10.1 Å². The monoisotopic (exact) mass is 639 g/mol. The Morgan fingerprint density at radius 2 is 1.37 bits per heavy atom. The molecule has 1 atom stereocenters. The summed E-state index contributed by atoms with van der Waals surface area (Å²) in [5.41, 5.74) is 3.65. The molecule has 4 aromatic rings. The molecule has 1 saturated heterocycles. The Bertz CT molecular complexity index is 1670. The first kappa shape index (κ1) is 32.9. The van der Waals surface area contributed by atoms with Gasteiger partial charge in [-0.25, -0.2) is 8.42 Å². The highest BCUT2D eigenvalue weighted by Gasteiger charge is 2.31. The van der Waals surface area contributed by atoms with Gasteiger partial charge in [0.25, 0.3) is 0 Å². The lowest BCUT2D eigenvalue weighted by molar-refractivity contribution is -0.141. The number of sulfonamides is 1. The van der Waals surface area contributed by atoms with Crippen molar-refractivity contribution < 1.29 is 22.7 Å². The van der Waals surface area contributed by atoms with Gasteiger partial charge in [0.2, 0.25) is 21.8 Å². The largest absolute Gasteiger partial charge is 0.497 e. The fourth-order valence-corrected chi connectivity index (χ4v) is 7.20. The minimum absolute atomic E-state index is 0.158. The zero-order valence-electron chi connectivity index (χ0n) is 26.2. The number of hydrogen-bond donors (Lipinski definition) is 1. The number of methoxy groups -OCH3 is 1. The van der Waals surface area contributed by atoms with Crippen molar-refractivity contribution in [2.45, 2.75) is 56.1 Å². The van der Waals surface area contributed by atoms with Crippen molar-refractivity contribution in [1.82, 2.24) is 14.5 Å². The fourth-order valence-electron chi connectivity index (χ4n) is 5.68. The van der Waals surface area contributed by atoms with Gasteiger partial charge in [0.05, 0.1) is 12.0 Å². The molecule has 0 spiro atoms. The van der Waals surface area contributed by atoms with E-state index in [1.54, 1.807) is 36.3 Å². The average molecular weight is 640 g/mol. The highest BCUT2D eigenvalue weighted by Crippen LogP contribution is 2.23. The number of carbonyl (C=O) groups excluding carboxylic acids is 2. The molecule has 1 aliphatic heterocycles. The normalized spacial score (nSPS) is 14.0. The van der Waals surface area contributed by atoms with Crippen molar-refractivity contribution in [2.24, 2.45) is 0 Å². The fraction of sp³-hybridized carbons (Fsp3) is 0.297. The van der Waals surface area contributed by atoms with Crippen LogP contribution in [0.5, 0.6) is 5.75 Å². The standard InChI is InChI=1S/C37H41N3O5S/c1-45-33-19-14-32(15-20-33)28-40(35(26-30-10-4-2-5-11-30)37(42)38-27-31-12-6-3-7-13-31)36(41)23-18-29-16-21-34(22-17-29)46(43,44)39-24-8-9-25-39/h2-7,10-17,19-22,35H,8-9,18,23-28H2,1H3,(H,38,42)/t35-/m1/s1. The van der Waals surface area contributed by atoms with Gasteiger partial charge in [-0.3, -0.25) is 9.59 Å². The summed E-state index contributed by atoms with van der Waals surface area (Å²) in [6, 6.07) is 32.9. The van der Waals surface area contributed by atoms with E-state index in [4.69, 9.17) is 4.74 Å². The molecule has 0 radical (unpaired) electrons. The number of benzene rings is 4. The smallest absolute Gasteiger partial charge is 0.243 e. The van der Waals surface area contributed by atoms with E-state index in [1.165, 1.54) is 4.31 Å². The van der Waals surface area contributed by atoms with Crippen LogP contribution in [-0.4, -0.2) is 55.7 Å². The number of hydrogen-bond acceptors (Lipinski definition) is 5. The van der Waals surface area contributed by atoms with Gasteiger partial charge in [-0.15, -0.1) is 0 Å². The molecule has 0 aliphatic carbocycles. The van der Waals surface area contributed by atoms with Crippen LogP contribution in [0.15, 0.2) is 114 Å². The van der Waals surface area contributed by atoms with Crippen LogP contribution in [0.2, 0.25) is 0 Å². The molecule has 5 rings (SSSR count).